The largest absolute Gasteiger partial charge is 0.506 e. The van der Waals surface area contributed by atoms with E-state index in [-0.39, 0.29) is 32.8 Å². The molecule has 1 saturated heterocycles. The van der Waals surface area contributed by atoms with Gasteiger partial charge in [-0.2, -0.15) is 4.31 Å². The molecule has 0 saturated carbocycles. The summed E-state index contributed by atoms with van der Waals surface area (Å²) in [5.41, 5.74) is 0.231. The molecule has 6 nitrogen and oxygen atoms in total. The molecule has 0 aromatic heterocycles. The van der Waals surface area contributed by atoms with Gasteiger partial charge in [0, 0.05) is 23.7 Å². The molecule has 0 radical (unpaired) electrons. The van der Waals surface area contributed by atoms with Gasteiger partial charge in [0.15, 0.2) is 0 Å². The number of rotatable bonds is 4. The molecule has 1 amide bonds. The number of amides is 1. The molecule has 1 unspecified atom stereocenters. The number of hydrogen-bond donors (Lipinski definition) is 2. The number of carbonyl (C=O) groups excluding carboxylic acids is 1. The van der Waals surface area contributed by atoms with Crippen LogP contribution in [-0.4, -0.2) is 36.8 Å². The molecule has 3 rings (SSSR count). The summed E-state index contributed by atoms with van der Waals surface area (Å²) in [4.78, 5) is 12.5. The average Bonchev–Trinajstić information content (AvgIpc) is 2.65. The second kappa shape index (κ2) is 8.29. The van der Waals surface area contributed by atoms with Crippen molar-refractivity contribution in [1.82, 2.24) is 4.31 Å². The van der Waals surface area contributed by atoms with E-state index in [2.05, 4.69) is 5.32 Å². The SMILES string of the molecule is CC1CCCN(S(=O)(=O)c2cc(C(=O)Nc3cc(Cl)ccc3O)ccc2Cl)C1. The molecule has 1 aliphatic rings. The highest BCUT2D eigenvalue weighted by Crippen LogP contribution is 2.30. The summed E-state index contributed by atoms with van der Waals surface area (Å²) in [6, 6.07) is 8.31. The Labute approximate surface area is 174 Å². The Balaban J connectivity index is 1.90. The van der Waals surface area contributed by atoms with Gasteiger partial charge in [-0.3, -0.25) is 4.79 Å². The fourth-order valence-corrected chi connectivity index (χ4v) is 5.42. The van der Waals surface area contributed by atoms with E-state index in [1.807, 2.05) is 6.92 Å². The van der Waals surface area contributed by atoms with Crippen molar-refractivity contribution in [2.75, 3.05) is 18.4 Å². The minimum absolute atomic E-state index is 0.0559. The summed E-state index contributed by atoms with van der Waals surface area (Å²) >= 11 is 12.0. The van der Waals surface area contributed by atoms with Crippen molar-refractivity contribution in [3.05, 3.63) is 52.0 Å². The van der Waals surface area contributed by atoms with Crippen LogP contribution in [0.2, 0.25) is 10.0 Å². The zero-order chi connectivity index (χ0) is 20.5. The second-order valence-corrected chi connectivity index (χ2v) is 9.62. The maximum atomic E-state index is 13.0. The van der Waals surface area contributed by atoms with Crippen molar-refractivity contribution in [3.63, 3.8) is 0 Å². The molecule has 2 aromatic carbocycles. The van der Waals surface area contributed by atoms with Crippen molar-refractivity contribution in [3.8, 4) is 5.75 Å². The zero-order valence-electron chi connectivity index (χ0n) is 15.2. The third-order valence-corrected chi connectivity index (χ3v) is 7.22. The van der Waals surface area contributed by atoms with Crippen LogP contribution >= 0.6 is 23.2 Å². The lowest BCUT2D eigenvalue weighted by Crippen LogP contribution is -2.39. The van der Waals surface area contributed by atoms with Crippen molar-refractivity contribution in [1.29, 1.82) is 0 Å². The topological polar surface area (TPSA) is 86.7 Å². The van der Waals surface area contributed by atoms with Crippen LogP contribution in [0.25, 0.3) is 0 Å². The van der Waals surface area contributed by atoms with E-state index in [9.17, 15) is 18.3 Å². The molecule has 28 heavy (non-hydrogen) atoms. The first-order valence-corrected chi connectivity index (χ1v) is 11.0. The molecule has 1 atom stereocenters. The minimum Gasteiger partial charge on any atom is -0.506 e. The van der Waals surface area contributed by atoms with E-state index in [1.54, 1.807) is 0 Å². The van der Waals surface area contributed by atoms with Gasteiger partial charge in [-0.15, -0.1) is 0 Å². The first-order valence-electron chi connectivity index (χ1n) is 8.78. The molecular weight excluding hydrogens is 423 g/mol. The Morgan fingerprint density at radius 3 is 2.68 bits per heavy atom. The Hall–Kier alpha value is -1.80. The third kappa shape index (κ3) is 4.43. The molecule has 150 valence electrons. The first-order chi connectivity index (χ1) is 13.2. The second-order valence-electron chi connectivity index (χ2n) is 6.87. The van der Waals surface area contributed by atoms with E-state index in [0.29, 0.717) is 18.1 Å². The number of nitrogens with zero attached hydrogens (tertiary/aromatic N) is 1. The van der Waals surface area contributed by atoms with Crippen LogP contribution < -0.4 is 5.32 Å². The predicted molar refractivity (Wildman–Crippen MR) is 110 cm³/mol. The van der Waals surface area contributed by atoms with Gasteiger partial charge in [0.05, 0.1) is 10.7 Å². The number of piperidine rings is 1. The van der Waals surface area contributed by atoms with Gasteiger partial charge in [0.2, 0.25) is 10.0 Å². The Bertz CT molecular complexity index is 1010. The van der Waals surface area contributed by atoms with Gasteiger partial charge in [0.1, 0.15) is 10.6 Å². The fourth-order valence-electron chi connectivity index (χ4n) is 3.15. The van der Waals surface area contributed by atoms with Gasteiger partial charge < -0.3 is 10.4 Å². The van der Waals surface area contributed by atoms with Crippen LogP contribution in [0.5, 0.6) is 5.75 Å². The molecule has 0 bridgehead atoms. The van der Waals surface area contributed by atoms with Crippen LogP contribution in [0.15, 0.2) is 41.3 Å². The average molecular weight is 443 g/mol. The highest BCUT2D eigenvalue weighted by atomic mass is 35.5. The molecular formula is C19H20Cl2N2O4S. The molecule has 0 aliphatic carbocycles. The first kappa shape index (κ1) is 20.9. The summed E-state index contributed by atoms with van der Waals surface area (Å²) < 4.78 is 27.5. The minimum atomic E-state index is -3.82. The van der Waals surface area contributed by atoms with Crippen LogP contribution in [0.3, 0.4) is 0 Å². The van der Waals surface area contributed by atoms with Crippen molar-refractivity contribution in [2.45, 2.75) is 24.7 Å². The lowest BCUT2D eigenvalue weighted by molar-refractivity contribution is 0.102. The van der Waals surface area contributed by atoms with E-state index < -0.39 is 15.9 Å². The van der Waals surface area contributed by atoms with Gasteiger partial charge in [-0.25, -0.2) is 8.42 Å². The number of aromatic hydroxyl groups is 1. The Morgan fingerprint density at radius 1 is 1.21 bits per heavy atom. The van der Waals surface area contributed by atoms with E-state index in [1.165, 1.54) is 40.7 Å². The van der Waals surface area contributed by atoms with Gasteiger partial charge in [0.25, 0.3) is 5.91 Å². The number of carbonyl (C=O) groups is 1. The maximum Gasteiger partial charge on any atom is 0.255 e. The zero-order valence-corrected chi connectivity index (χ0v) is 17.5. The number of phenolic OH excluding ortho intramolecular Hbond substituents is 1. The summed E-state index contributed by atoms with van der Waals surface area (Å²) in [5, 5.41) is 12.8. The van der Waals surface area contributed by atoms with E-state index in [0.717, 1.165) is 12.8 Å². The number of sulfonamides is 1. The quantitative estimate of drug-likeness (QED) is 0.687. The fraction of sp³-hybridized carbons (Fsp3) is 0.316. The Kier molecular flexibility index (Phi) is 6.19. The highest BCUT2D eigenvalue weighted by molar-refractivity contribution is 7.89. The van der Waals surface area contributed by atoms with Crippen molar-refractivity contribution in [2.24, 2.45) is 5.92 Å². The lowest BCUT2D eigenvalue weighted by atomic mass is 10.0. The molecule has 1 aliphatic heterocycles. The standard InChI is InChI=1S/C19H20Cl2N2O4S/c1-12-3-2-8-23(11-12)28(26,27)18-9-13(4-6-15(18)21)19(25)22-16-10-14(20)5-7-17(16)24/h4-7,9-10,12,24H,2-3,8,11H2,1H3,(H,22,25). The summed E-state index contributed by atoms with van der Waals surface area (Å²) in [5.74, 6) is -0.473. The molecule has 1 fully saturated rings. The number of benzene rings is 2. The molecule has 9 heteroatoms. The molecule has 0 spiro atoms. The van der Waals surface area contributed by atoms with E-state index in [4.69, 9.17) is 23.2 Å². The smallest absolute Gasteiger partial charge is 0.255 e. The predicted octanol–water partition coefficient (Wildman–Crippen LogP) is 4.37. The van der Waals surface area contributed by atoms with Crippen molar-refractivity contribution < 1.29 is 18.3 Å². The van der Waals surface area contributed by atoms with Crippen LogP contribution in [0, 0.1) is 5.92 Å². The molecule has 1 heterocycles. The lowest BCUT2D eigenvalue weighted by Gasteiger charge is -2.30. The van der Waals surface area contributed by atoms with Gasteiger partial charge in [-0.05, 0) is 55.2 Å². The van der Waals surface area contributed by atoms with Crippen LogP contribution in [-0.2, 0) is 10.0 Å². The number of hydrogen-bond acceptors (Lipinski definition) is 4. The number of nitrogens with one attached hydrogen (secondary N) is 1. The van der Waals surface area contributed by atoms with Gasteiger partial charge >= 0.3 is 0 Å². The summed E-state index contributed by atoms with van der Waals surface area (Å²) in [6.07, 6.45) is 1.76. The summed E-state index contributed by atoms with van der Waals surface area (Å²) in [6.45, 7) is 2.85. The Morgan fingerprint density at radius 2 is 1.96 bits per heavy atom. The summed E-state index contributed by atoms with van der Waals surface area (Å²) in [7, 11) is -3.82. The normalized spacial score (nSPS) is 18.0. The van der Waals surface area contributed by atoms with E-state index >= 15 is 0 Å². The monoisotopic (exact) mass is 442 g/mol. The third-order valence-electron chi connectivity index (χ3n) is 4.64. The van der Waals surface area contributed by atoms with Crippen molar-refractivity contribution >= 4 is 44.8 Å². The molecule has 2 aromatic rings. The molecule has 2 N–H and O–H groups in total. The number of phenols is 1. The van der Waals surface area contributed by atoms with Gasteiger partial charge in [-0.1, -0.05) is 30.1 Å². The number of halogens is 2. The number of anilines is 1. The van der Waals surface area contributed by atoms with Crippen LogP contribution in [0.4, 0.5) is 5.69 Å². The highest BCUT2D eigenvalue weighted by Gasteiger charge is 2.31. The van der Waals surface area contributed by atoms with Crippen LogP contribution in [0.1, 0.15) is 30.1 Å². The maximum absolute atomic E-state index is 13.0.